The van der Waals surface area contributed by atoms with Crippen LogP contribution in [0.15, 0.2) is 156 Å². The number of thiophene rings is 1. The number of furan rings is 1. The van der Waals surface area contributed by atoms with Gasteiger partial charge in [0.15, 0.2) is 0 Å². The van der Waals surface area contributed by atoms with Crippen LogP contribution in [0.3, 0.4) is 0 Å². The van der Waals surface area contributed by atoms with Crippen molar-refractivity contribution in [2.45, 2.75) is 38.0 Å². The number of para-hydroxylation sites is 1. The van der Waals surface area contributed by atoms with Crippen molar-refractivity contribution in [1.82, 2.24) is 0 Å². The summed E-state index contributed by atoms with van der Waals surface area (Å²) in [7, 11) is 0. The fourth-order valence-corrected chi connectivity index (χ4v) is 10.3. The second kappa shape index (κ2) is 11.9. The van der Waals surface area contributed by atoms with Crippen molar-refractivity contribution in [3.8, 4) is 33.4 Å². The van der Waals surface area contributed by atoms with Gasteiger partial charge in [0.1, 0.15) is 11.3 Å². The molecule has 248 valence electrons. The minimum atomic E-state index is 0.510. The Hall–Kier alpha value is -5.70. The summed E-state index contributed by atoms with van der Waals surface area (Å²) in [6.45, 7) is 0. The summed E-state index contributed by atoms with van der Waals surface area (Å²) in [5.74, 6) is 1.66. The minimum Gasteiger partial charge on any atom is -0.460 e. The third kappa shape index (κ3) is 4.67. The van der Waals surface area contributed by atoms with Crippen LogP contribution in [0.2, 0.25) is 0 Å². The van der Waals surface area contributed by atoms with Gasteiger partial charge in [0.25, 0.3) is 0 Å². The molecule has 1 fully saturated rings. The van der Waals surface area contributed by atoms with Crippen molar-refractivity contribution >= 4 is 74.8 Å². The standard InChI is InChI=1S/C50H36OS/c1-2-13-32(14-3-1)45-30-35-16-11-22-42(50(35)51-45)49-40-20-7-6-19-39(40)48(34-25-27-47-43(29-34)38-18-8-9-23-46(38)52-47)44-28-33(24-26-41(44)49)37-21-10-15-31-12-4-5-17-36(31)37/h4-12,15-30,32H,1-3,13-14H2. The lowest BCUT2D eigenvalue weighted by atomic mass is 9.84. The van der Waals surface area contributed by atoms with Gasteiger partial charge in [-0.05, 0) is 97.7 Å². The monoisotopic (exact) mass is 684 g/mol. The highest BCUT2D eigenvalue weighted by atomic mass is 32.1. The van der Waals surface area contributed by atoms with E-state index in [0.717, 1.165) is 11.3 Å². The van der Waals surface area contributed by atoms with Crippen LogP contribution in [0.5, 0.6) is 0 Å². The number of hydrogen-bond acceptors (Lipinski definition) is 2. The molecule has 2 heterocycles. The Balaban J connectivity index is 1.24. The van der Waals surface area contributed by atoms with Crippen molar-refractivity contribution in [1.29, 1.82) is 0 Å². The van der Waals surface area contributed by atoms with Crippen LogP contribution in [0.25, 0.3) is 96.8 Å². The van der Waals surface area contributed by atoms with E-state index in [4.69, 9.17) is 4.42 Å². The molecule has 1 aliphatic carbocycles. The molecular weight excluding hydrogens is 649 g/mol. The van der Waals surface area contributed by atoms with Gasteiger partial charge < -0.3 is 4.42 Å². The summed E-state index contributed by atoms with van der Waals surface area (Å²) >= 11 is 1.88. The highest BCUT2D eigenvalue weighted by Gasteiger charge is 2.24. The topological polar surface area (TPSA) is 13.1 Å². The first-order valence-electron chi connectivity index (χ1n) is 18.7. The molecule has 0 N–H and O–H groups in total. The molecule has 1 saturated carbocycles. The largest absolute Gasteiger partial charge is 0.460 e. The molecule has 0 radical (unpaired) electrons. The molecule has 0 atom stereocenters. The lowest BCUT2D eigenvalue weighted by Crippen LogP contribution is -2.02. The fourth-order valence-electron chi connectivity index (χ4n) is 9.17. The number of hydrogen-bond donors (Lipinski definition) is 0. The second-order valence-electron chi connectivity index (χ2n) is 14.6. The lowest BCUT2D eigenvalue weighted by molar-refractivity contribution is 0.385. The van der Waals surface area contributed by atoms with E-state index < -0.39 is 0 Å². The summed E-state index contributed by atoms with van der Waals surface area (Å²) in [5, 5.41) is 11.4. The predicted molar refractivity (Wildman–Crippen MR) is 224 cm³/mol. The molecule has 2 heteroatoms. The normalized spacial score (nSPS) is 14.1. The van der Waals surface area contributed by atoms with Crippen LogP contribution < -0.4 is 0 Å². The highest BCUT2D eigenvalue weighted by molar-refractivity contribution is 7.25. The Morgan fingerprint density at radius 2 is 1.06 bits per heavy atom. The molecular formula is C50H36OS. The Morgan fingerprint density at radius 1 is 0.423 bits per heavy atom. The van der Waals surface area contributed by atoms with E-state index in [9.17, 15) is 0 Å². The molecule has 0 saturated heterocycles. The first-order valence-corrected chi connectivity index (χ1v) is 19.5. The van der Waals surface area contributed by atoms with Crippen molar-refractivity contribution in [2.75, 3.05) is 0 Å². The van der Waals surface area contributed by atoms with Crippen molar-refractivity contribution in [3.63, 3.8) is 0 Å². The highest BCUT2D eigenvalue weighted by Crippen LogP contribution is 2.48. The SMILES string of the molecule is c1ccc2c(-c3ccc4c(-c5cccc6cc(C7CCCCC7)oc56)c5ccccc5c(-c5ccc6sc7ccccc7c6c5)c4c3)cccc2c1. The maximum absolute atomic E-state index is 6.93. The summed E-state index contributed by atoms with van der Waals surface area (Å²) in [6, 6.07) is 56.5. The van der Waals surface area contributed by atoms with Gasteiger partial charge in [0.2, 0.25) is 0 Å². The molecule has 0 amide bonds. The van der Waals surface area contributed by atoms with E-state index in [2.05, 4.69) is 152 Å². The van der Waals surface area contributed by atoms with E-state index in [0.29, 0.717) is 5.92 Å². The van der Waals surface area contributed by atoms with Crippen LogP contribution in [0.4, 0.5) is 0 Å². The van der Waals surface area contributed by atoms with Gasteiger partial charge in [0.05, 0.1) is 0 Å². The first kappa shape index (κ1) is 30.0. The predicted octanol–water partition coefficient (Wildman–Crippen LogP) is 15.3. The van der Waals surface area contributed by atoms with Gasteiger partial charge in [-0.15, -0.1) is 11.3 Å². The molecule has 2 aromatic heterocycles. The molecule has 0 bridgehead atoms. The van der Waals surface area contributed by atoms with Crippen LogP contribution in [0, 0.1) is 0 Å². The Labute approximate surface area is 306 Å². The van der Waals surface area contributed by atoms with Gasteiger partial charge in [-0.2, -0.15) is 0 Å². The van der Waals surface area contributed by atoms with Gasteiger partial charge >= 0.3 is 0 Å². The third-order valence-electron chi connectivity index (χ3n) is 11.6. The zero-order valence-electron chi connectivity index (χ0n) is 28.9. The molecule has 10 aromatic rings. The van der Waals surface area contributed by atoms with E-state index in [1.54, 1.807) is 0 Å². The molecule has 8 aromatic carbocycles. The Kier molecular flexibility index (Phi) is 6.88. The number of rotatable bonds is 4. The zero-order chi connectivity index (χ0) is 34.2. The zero-order valence-corrected chi connectivity index (χ0v) is 29.7. The van der Waals surface area contributed by atoms with Crippen LogP contribution in [-0.4, -0.2) is 0 Å². The quantitative estimate of drug-likeness (QED) is 0.168. The fraction of sp³-hybridized carbons (Fsp3) is 0.120. The lowest BCUT2D eigenvalue weighted by Gasteiger charge is -2.20. The summed E-state index contributed by atoms with van der Waals surface area (Å²) in [5.41, 5.74) is 8.43. The van der Waals surface area contributed by atoms with Crippen molar-refractivity contribution in [3.05, 3.63) is 157 Å². The third-order valence-corrected chi connectivity index (χ3v) is 12.8. The smallest absolute Gasteiger partial charge is 0.142 e. The van der Waals surface area contributed by atoms with E-state index in [-0.39, 0.29) is 0 Å². The average Bonchev–Trinajstić information content (AvgIpc) is 3.82. The second-order valence-corrected chi connectivity index (χ2v) is 15.7. The number of fused-ring (bicyclic) bond motifs is 7. The van der Waals surface area contributed by atoms with E-state index >= 15 is 0 Å². The Bertz CT molecular complexity index is 3000. The summed E-state index contributed by atoms with van der Waals surface area (Å²) in [6.07, 6.45) is 6.35. The van der Waals surface area contributed by atoms with Crippen LogP contribution in [-0.2, 0) is 0 Å². The van der Waals surface area contributed by atoms with Gasteiger partial charge in [-0.1, -0.05) is 141 Å². The summed E-state index contributed by atoms with van der Waals surface area (Å²) < 4.78 is 9.58. The van der Waals surface area contributed by atoms with E-state index in [1.807, 2.05) is 11.3 Å². The van der Waals surface area contributed by atoms with Crippen LogP contribution >= 0.6 is 11.3 Å². The van der Waals surface area contributed by atoms with Gasteiger partial charge in [-0.25, -0.2) is 0 Å². The van der Waals surface area contributed by atoms with Crippen molar-refractivity contribution < 1.29 is 4.42 Å². The van der Waals surface area contributed by atoms with Crippen LogP contribution in [0.1, 0.15) is 43.8 Å². The average molecular weight is 685 g/mol. The van der Waals surface area contributed by atoms with Crippen molar-refractivity contribution in [2.24, 2.45) is 0 Å². The first-order chi connectivity index (χ1) is 25.8. The maximum atomic E-state index is 6.93. The van der Waals surface area contributed by atoms with Gasteiger partial charge in [-0.3, -0.25) is 0 Å². The van der Waals surface area contributed by atoms with E-state index in [1.165, 1.54) is 123 Å². The molecule has 52 heavy (non-hydrogen) atoms. The molecule has 0 aliphatic heterocycles. The molecule has 1 nitrogen and oxygen atoms in total. The summed E-state index contributed by atoms with van der Waals surface area (Å²) in [4.78, 5) is 0. The molecule has 1 aliphatic rings. The Morgan fingerprint density at radius 3 is 1.92 bits per heavy atom. The minimum absolute atomic E-state index is 0.510. The molecule has 0 unspecified atom stereocenters. The maximum Gasteiger partial charge on any atom is 0.142 e. The number of benzene rings is 8. The van der Waals surface area contributed by atoms with Gasteiger partial charge in [0, 0.05) is 42.6 Å². The molecule has 11 rings (SSSR count). The molecule has 0 spiro atoms.